The van der Waals surface area contributed by atoms with Crippen LogP contribution >= 0.6 is 0 Å². The van der Waals surface area contributed by atoms with Gasteiger partial charge in [0.1, 0.15) is 0 Å². The normalized spacial score (nSPS) is 11.2. The molecule has 0 aliphatic heterocycles. The van der Waals surface area contributed by atoms with Crippen LogP contribution in [0, 0.1) is 10.1 Å². The number of pyridine rings is 1. The molecular formula is C13H12N2O4. The third-order valence-electron chi connectivity index (χ3n) is 2.83. The number of nitrogens with zero attached hydrogens (tertiary/aromatic N) is 2. The summed E-state index contributed by atoms with van der Waals surface area (Å²) in [5.41, 5.74) is -1.13. The lowest BCUT2D eigenvalue weighted by Gasteiger charge is -2.09. The average Bonchev–Trinajstić information content (AvgIpc) is 2.38. The van der Waals surface area contributed by atoms with Crippen LogP contribution in [0.4, 0.5) is 5.69 Å². The summed E-state index contributed by atoms with van der Waals surface area (Å²) in [6.45, 7) is 2.01. The molecule has 0 aliphatic rings. The van der Waals surface area contributed by atoms with E-state index in [4.69, 9.17) is 0 Å². The highest BCUT2D eigenvalue weighted by molar-refractivity contribution is 5.88. The Hall–Kier alpha value is -2.63. The Labute approximate surface area is 108 Å². The lowest BCUT2D eigenvalue weighted by atomic mass is 10.1. The zero-order chi connectivity index (χ0) is 14.0. The van der Waals surface area contributed by atoms with Gasteiger partial charge in [-0.2, -0.15) is 0 Å². The molecule has 0 saturated heterocycles. The molecule has 98 valence electrons. The van der Waals surface area contributed by atoms with E-state index in [0.717, 1.165) is 0 Å². The molecule has 0 fully saturated rings. The quantitative estimate of drug-likeness (QED) is 0.520. The summed E-state index contributed by atoms with van der Waals surface area (Å²) in [6, 6.07) is 6.54. The van der Waals surface area contributed by atoms with Crippen LogP contribution in [-0.4, -0.2) is 14.6 Å². The summed E-state index contributed by atoms with van der Waals surface area (Å²) in [4.78, 5) is 22.2. The predicted octanol–water partition coefficient (Wildman–Crippen LogP) is 2.19. The fraction of sp³-hybridized carbons (Fsp3) is 0.154. The summed E-state index contributed by atoms with van der Waals surface area (Å²) in [5.74, 6) is -0.581. The van der Waals surface area contributed by atoms with Gasteiger partial charge >= 0.3 is 11.2 Å². The van der Waals surface area contributed by atoms with Crippen LogP contribution in [0.1, 0.15) is 6.92 Å². The van der Waals surface area contributed by atoms with Gasteiger partial charge < -0.3 is 5.11 Å². The molecule has 1 heterocycles. The molecule has 19 heavy (non-hydrogen) atoms. The molecule has 0 saturated carbocycles. The van der Waals surface area contributed by atoms with Crippen LogP contribution in [0.3, 0.4) is 0 Å². The van der Waals surface area contributed by atoms with Crippen LogP contribution in [0.5, 0.6) is 5.75 Å². The second-order valence-electron chi connectivity index (χ2n) is 3.96. The molecule has 6 heteroatoms. The summed E-state index contributed by atoms with van der Waals surface area (Å²) in [7, 11) is 0. The van der Waals surface area contributed by atoms with Crippen molar-refractivity contribution in [3.8, 4) is 5.75 Å². The van der Waals surface area contributed by atoms with Crippen molar-refractivity contribution in [1.82, 2.24) is 4.57 Å². The number of para-hydroxylation sites is 1. The van der Waals surface area contributed by atoms with E-state index in [0.29, 0.717) is 10.9 Å². The molecule has 0 radical (unpaired) electrons. The van der Waals surface area contributed by atoms with E-state index in [1.165, 1.54) is 4.57 Å². The number of aromatic nitrogens is 1. The monoisotopic (exact) mass is 260 g/mol. The average molecular weight is 260 g/mol. The molecule has 1 aromatic carbocycles. The first kappa shape index (κ1) is 12.8. The number of allylic oxidation sites excluding steroid dienone is 2. The second kappa shape index (κ2) is 4.93. The first-order chi connectivity index (χ1) is 9.07. The molecule has 0 bridgehead atoms. The van der Waals surface area contributed by atoms with E-state index >= 15 is 0 Å². The van der Waals surface area contributed by atoms with Crippen molar-refractivity contribution < 1.29 is 10.0 Å². The zero-order valence-corrected chi connectivity index (χ0v) is 10.2. The maximum atomic E-state index is 12.1. The van der Waals surface area contributed by atoms with E-state index in [2.05, 4.69) is 0 Å². The minimum absolute atomic E-state index is 0.219. The van der Waals surface area contributed by atoms with Crippen molar-refractivity contribution in [2.45, 2.75) is 13.5 Å². The number of fused-ring (bicyclic) bond motifs is 1. The first-order valence-electron chi connectivity index (χ1n) is 5.68. The highest BCUT2D eigenvalue weighted by Crippen LogP contribution is 2.30. The molecule has 1 aromatic heterocycles. The van der Waals surface area contributed by atoms with Gasteiger partial charge in [-0.3, -0.25) is 19.5 Å². The number of benzene rings is 1. The highest BCUT2D eigenvalue weighted by atomic mass is 16.6. The number of rotatable bonds is 3. The van der Waals surface area contributed by atoms with Crippen LogP contribution in [-0.2, 0) is 6.54 Å². The lowest BCUT2D eigenvalue weighted by Crippen LogP contribution is -2.22. The zero-order valence-electron chi connectivity index (χ0n) is 10.2. The van der Waals surface area contributed by atoms with Gasteiger partial charge in [-0.1, -0.05) is 24.3 Å². The van der Waals surface area contributed by atoms with E-state index in [-0.39, 0.29) is 6.54 Å². The van der Waals surface area contributed by atoms with E-state index < -0.39 is 21.9 Å². The van der Waals surface area contributed by atoms with Crippen LogP contribution < -0.4 is 5.56 Å². The summed E-state index contributed by atoms with van der Waals surface area (Å²) < 4.78 is 1.27. The molecule has 0 atom stereocenters. The Kier molecular flexibility index (Phi) is 3.33. The van der Waals surface area contributed by atoms with Crippen LogP contribution in [0.25, 0.3) is 10.9 Å². The van der Waals surface area contributed by atoms with Crippen molar-refractivity contribution in [1.29, 1.82) is 0 Å². The van der Waals surface area contributed by atoms with Crippen molar-refractivity contribution in [3.05, 3.63) is 56.9 Å². The summed E-state index contributed by atoms with van der Waals surface area (Å²) in [5, 5.41) is 21.1. The van der Waals surface area contributed by atoms with Gasteiger partial charge in [0.05, 0.1) is 10.4 Å². The Morgan fingerprint density at radius 2 is 2.11 bits per heavy atom. The van der Waals surface area contributed by atoms with Crippen LogP contribution in [0.15, 0.2) is 41.2 Å². The van der Waals surface area contributed by atoms with Crippen molar-refractivity contribution in [2.24, 2.45) is 0 Å². The smallest absolute Gasteiger partial charge is 0.375 e. The maximum Gasteiger partial charge on any atom is 0.375 e. The third kappa shape index (κ3) is 2.08. The fourth-order valence-electron chi connectivity index (χ4n) is 1.93. The number of hydrogen-bond donors (Lipinski definition) is 1. The van der Waals surface area contributed by atoms with Crippen LogP contribution in [0.2, 0.25) is 0 Å². The molecule has 0 aliphatic carbocycles. The van der Waals surface area contributed by atoms with Gasteiger partial charge in [0.15, 0.2) is 0 Å². The Bertz CT molecular complexity index is 731. The van der Waals surface area contributed by atoms with E-state index in [1.807, 2.05) is 0 Å². The second-order valence-corrected chi connectivity index (χ2v) is 3.96. The van der Waals surface area contributed by atoms with Gasteiger partial charge in [0.25, 0.3) is 0 Å². The minimum atomic E-state index is -0.851. The van der Waals surface area contributed by atoms with Gasteiger partial charge in [0, 0.05) is 11.9 Å². The SMILES string of the molecule is CC=CCn1c(=O)c([N+](=O)[O-])c(O)c2ccccc21. The van der Waals surface area contributed by atoms with Gasteiger partial charge in [-0.25, -0.2) is 0 Å². The van der Waals surface area contributed by atoms with Crippen molar-refractivity contribution >= 4 is 16.6 Å². The summed E-state index contributed by atoms with van der Waals surface area (Å²) in [6.07, 6.45) is 3.47. The standard InChI is InChI=1S/C13H12N2O4/c1-2-3-8-14-10-7-5-4-6-9(10)12(16)11(13(14)17)15(18)19/h2-7,16H,8H2,1H3. The lowest BCUT2D eigenvalue weighted by molar-refractivity contribution is -0.387. The van der Waals surface area contributed by atoms with Crippen molar-refractivity contribution in [3.63, 3.8) is 0 Å². The molecule has 0 unspecified atom stereocenters. The molecule has 2 rings (SSSR count). The first-order valence-corrected chi connectivity index (χ1v) is 5.68. The fourth-order valence-corrected chi connectivity index (χ4v) is 1.93. The van der Waals surface area contributed by atoms with Gasteiger partial charge in [-0.15, -0.1) is 0 Å². The largest absolute Gasteiger partial charge is 0.501 e. The number of aromatic hydroxyl groups is 1. The molecule has 0 spiro atoms. The Morgan fingerprint density at radius 1 is 1.42 bits per heavy atom. The van der Waals surface area contributed by atoms with E-state index in [1.54, 1.807) is 43.3 Å². The molecule has 2 aromatic rings. The molecule has 0 amide bonds. The van der Waals surface area contributed by atoms with Gasteiger partial charge in [0.2, 0.25) is 5.75 Å². The Balaban J connectivity index is 2.92. The minimum Gasteiger partial charge on any atom is -0.501 e. The maximum absolute atomic E-state index is 12.1. The highest BCUT2D eigenvalue weighted by Gasteiger charge is 2.24. The molecule has 6 nitrogen and oxygen atoms in total. The number of hydrogen-bond acceptors (Lipinski definition) is 4. The van der Waals surface area contributed by atoms with Gasteiger partial charge in [-0.05, 0) is 19.1 Å². The molecular weight excluding hydrogens is 248 g/mol. The number of nitro groups is 1. The molecule has 1 N–H and O–H groups in total. The Morgan fingerprint density at radius 3 is 2.74 bits per heavy atom. The van der Waals surface area contributed by atoms with Crippen molar-refractivity contribution in [2.75, 3.05) is 0 Å². The predicted molar refractivity (Wildman–Crippen MR) is 71.3 cm³/mol. The third-order valence-corrected chi connectivity index (χ3v) is 2.83. The topological polar surface area (TPSA) is 85.4 Å². The van der Waals surface area contributed by atoms with E-state index in [9.17, 15) is 20.0 Å². The summed E-state index contributed by atoms with van der Waals surface area (Å²) >= 11 is 0.